The fourth-order valence-electron chi connectivity index (χ4n) is 6.02. The molecule has 3 aromatic rings. The summed E-state index contributed by atoms with van der Waals surface area (Å²) in [5.41, 5.74) is 3.33. The minimum atomic E-state index is -0.0250. The number of carbonyl (C=O) groups is 2. The molecule has 0 bridgehead atoms. The van der Waals surface area contributed by atoms with E-state index in [9.17, 15) is 9.59 Å². The zero-order chi connectivity index (χ0) is 24.7. The van der Waals surface area contributed by atoms with E-state index in [1.54, 1.807) is 6.92 Å². The Morgan fingerprint density at radius 2 is 1.50 bits per heavy atom. The number of rotatable bonds is 4. The molecule has 36 heavy (non-hydrogen) atoms. The number of nitrogens with zero attached hydrogens (tertiary/aromatic N) is 4. The van der Waals surface area contributed by atoms with Crippen LogP contribution < -0.4 is 4.90 Å². The Bertz CT molecular complexity index is 1240. The summed E-state index contributed by atoms with van der Waals surface area (Å²) in [6, 6.07) is 20.1. The normalized spacial score (nSPS) is 21.0. The third-order valence-corrected chi connectivity index (χ3v) is 8.37. The van der Waals surface area contributed by atoms with Gasteiger partial charge in [-0.05, 0) is 43.7 Å². The maximum absolute atomic E-state index is 13.5. The lowest BCUT2D eigenvalue weighted by molar-refractivity contribution is -0.134. The third-order valence-electron chi connectivity index (χ3n) is 8.37. The minimum Gasteiger partial charge on any atom is -0.368 e. The van der Waals surface area contributed by atoms with Gasteiger partial charge in [-0.3, -0.25) is 9.59 Å². The van der Waals surface area contributed by atoms with Crippen LogP contribution in [0.2, 0.25) is 0 Å². The summed E-state index contributed by atoms with van der Waals surface area (Å²) in [6.07, 6.45) is 2.71. The average molecular weight is 485 g/mol. The monoisotopic (exact) mass is 484 g/mol. The number of para-hydroxylation sites is 1. The van der Waals surface area contributed by atoms with Crippen LogP contribution in [0.5, 0.6) is 0 Å². The second-order valence-corrected chi connectivity index (χ2v) is 10.4. The van der Waals surface area contributed by atoms with Crippen LogP contribution in [-0.4, -0.2) is 66.0 Å². The highest BCUT2D eigenvalue weighted by Gasteiger charge is 2.59. The molecule has 2 amide bonds. The van der Waals surface area contributed by atoms with Crippen molar-refractivity contribution in [2.75, 3.05) is 44.2 Å². The van der Waals surface area contributed by atoms with Crippen molar-refractivity contribution in [3.63, 3.8) is 0 Å². The largest absolute Gasteiger partial charge is 0.368 e. The van der Waals surface area contributed by atoms with Crippen LogP contribution >= 0.6 is 0 Å². The second-order valence-electron chi connectivity index (χ2n) is 10.4. The van der Waals surface area contributed by atoms with Gasteiger partial charge in [-0.25, -0.2) is 0 Å². The van der Waals surface area contributed by atoms with Crippen LogP contribution in [0.3, 0.4) is 0 Å². The molecule has 1 saturated carbocycles. The number of piperidine rings is 1. The van der Waals surface area contributed by atoms with Crippen molar-refractivity contribution in [2.24, 2.45) is 11.3 Å². The lowest BCUT2D eigenvalue weighted by atomic mass is 9.90. The Kier molecular flexibility index (Phi) is 5.78. The molecule has 0 radical (unpaired) electrons. The molecule has 2 saturated heterocycles. The Hall–Kier alpha value is -3.61. The number of anilines is 1. The zero-order valence-corrected chi connectivity index (χ0v) is 20.7. The first-order valence-corrected chi connectivity index (χ1v) is 13.0. The Labute approximate surface area is 211 Å². The standard InChI is InChI=1S/C29H32N4O3/c1-21-25(26(30-36-21)22-8-4-2-5-9-22)28(35)32-14-12-29(13-15-32)20-24(29)27(34)33-18-16-31(17-19-33)23-10-6-3-7-11-23/h2-11,24H,12-20H2,1H3/t24-/m0/s1. The van der Waals surface area contributed by atoms with Gasteiger partial charge in [0.1, 0.15) is 17.0 Å². The Morgan fingerprint density at radius 3 is 2.17 bits per heavy atom. The van der Waals surface area contributed by atoms with E-state index in [0.717, 1.165) is 51.0 Å². The van der Waals surface area contributed by atoms with Crippen molar-refractivity contribution in [1.82, 2.24) is 15.0 Å². The van der Waals surface area contributed by atoms with Crippen LogP contribution in [-0.2, 0) is 4.79 Å². The van der Waals surface area contributed by atoms with Crippen LogP contribution in [0.4, 0.5) is 5.69 Å². The molecule has 3 fully saturated rings. The van der Waals surface area contributed by atoms with Gasteiger partial charge < -0.3 is 19.2 Å². The van der Waals surface area contributed by atoms with Crippen molar-refractivity contribution in [1.29, 1.82) is 0 Å². The number of hydrogen-bond acceptors (Lipinski definition) is 5. The molecular formula is C29H32N4O3. The molecule has 1 aliphatic carbocycles. The second kappa shape index (κ2) is 9.12. The number of aromatic nitrogens is 1. The van der Waals surface area contributed by atoms with Gasteiger partial charge in [0, 0.05) is 56.4 Å². The first-order chi connectivity index (χ1) is 17.6. The lowest BCUT2D eigenvalue weighted by Crippen LogP contribution is -2.50. The number of hydrogen-bond donors (Lipinski definition) is 0. The molecule has 1 aromatic heterocycles. The highest BCUT2D eigenvalue weighted by Crippen LogP contribution is 2.60. The SMILES string of the molecule is Cc1onc(-c2ccccc2)c1C(=O)N1CCC2(CC1)C[C@H]2C(=O)N1CCN(c2ccccc2)CC1. The van der Waals surface area contributed by atoms with Gasteiger partial charge >= 0.3 is 0 Å². The highest BCUT2D eigenvalue weighted by atomic mass is 16.5. The summed E-state index contributed by atoms with van der Waals surface area (Å²) in [5, 5.41) is 4.18. The van der Waals surface area contributed by atoms with E-state index in [4.69, 9.17) is 4.52 Å². The lowest BCUT2D eigenvalue weighted by Gasteiger charge is -2.37. The van der Waals surface area contributed by atoms with Crippen molar-refractivity contribution in [3.8, 4) is 11.3 Å². The van der Waals surface area contributed by atoms with Crippen molar-refractivity contribution >= 4 is 17.5 Å². The van der Waals surface area contributed by atoms with Gasteiger partial charge in [-0.15, -0.1) is 0 Å². The van der Waals surface area contributed by atoms with Crippen molar-refractivity contribution < 1.29 is 14.1 Å². The number of carbonyl (C=O) groups excluding carboxylic acids is 2. The maximum Gasteiger partial charge on any atom is 0.259 e. The van der Waals surface area contributed by atoms with E-state index in [0.29, 0.717) is 36.0 Å². The van der Waals surface area contributed by atoms with E-state index in [1.165, 1.54) is 5.69 Å². The van der Waals surface area contributed by atoms with Crippen LogP contribution in [0.1, 0.15) is 35.4 Å². The Morgan fingerprint density at radius 1 is 0.861 bits per heavy atom. The molecule has 0 unspecified atom stereocenters. The van der Waals surface area contributed by atoms with E-state index < -0.39 is 0 Å². The zero-order valence-electron chi connectivity index (χ0n) is 20.7. The summed E-state index contributed by atoms with van der Waals surface area (Å²) >= 11 is 0. The fourth-order valence-corrected chi connectivity index (χ4v) is 6.02. The Balaban J connectivity index is 1.06. The van der Waals surface area contributed by atoms with Gasteiger partial charge in [0.2, 0.25) is 5.91 Å². The molecule has 3 aliphatic rings. The van der Waals surface area contributed by atoms with Crippen LogP contribution in [0.25, 0.3) is 11.3 Å². The molecule has 3 heterocycles. The quantitative estimate of drug-likeness (QED) is 0.554. The van der Waals surface area contributed by atoms with Gasteiger partial charge in [-0.2, -0.15) is 0 Å². The fraction of sp³-hybridized carbons (Fsp3) is 0.414. The molecule has 1 atom stereocenters. The summed E-state index contributed by atoms with van der Waals surface area (Å²) in [5.74, 6) is 0.940. The van der Waals surface area contributed by atoms with Crippen molar-refractivity contribution in [3.05, 3.63) is 72.0 Å². The first kappa shape index (κ1) is 22.8. The molecule has 2 aromatic carbocycles. The van der Waals surface area contributed by atoms with Gasteiger partial charge in [0.05, 0.1) is 0 Å². The van der Waals surface area contributed by atoms with Crippen molar-refractivity contribution in [2.45, 2.75) is 26.2 Å². The highest BCUT2D eigenvalue weighted by molar-refractivity contribution is 6.00. The predicted molar refractivity (Wildman–Crippen MR) is 138 cm³/mol. The maximum atomic E-state index is 13.5. The number of piperazine rings is 1. The molecule has 7 nitrogen and oxygen atoms in total. The molecule has 2 aliphatic heterocycles. The number of amides is 2. The summed E-state index contributed by atoms with van der Waals surface area (Å²) in [4.78, 5) is 33.1. The summed E-state index contributed by atoms with van der Waals surface area (Å²) in [6.45, 7) is 6.44. The smallest absolute Gasteiger partial charge is 0.259 e. The van der Waals surface area contributed by atoms with Gasteiger partial charge in [-0.1, -0.05) is 53.7 Å². The molecule has 6 rings (SSSR count). The molecule has 1 spiro atoms. The molecule has 0 N–H and O–H groups in total. The summed E-state index contributed by atoms with van der Waals surface area (Å²) in [7, 11) is 0. The molecular weight excluding hydrogens is 452 g/mol. The third kappa shape index (κ3) is 4.06. The minimum absolute atomic E-state index is 0.0250. The number of likely N-dealkylation sites (tertiary alicyclic amines) is 1. The van der Waals surface area contributed by atoms with Gasteiger partial charge in [0.25, 0.3) is 5.91 Å². The molecule has 186 valence electrons. The van der Waals surface area contributed by atoms with E-state index in [2.05, 4.69) is 39.2 Å². The molecule has 7 heteroatoms. The number of aryl methyl sites for hydroxylation is 1. The van der Waals surface area contributed by atoms with E-state index in [-0.39, 0.29) is 17.2 Å². The topological polar surface area (TPSA) is 69.9 Å². The predicted octanol–water partition coefficient (Wildman–Crippen LogP) is 4.24. The van der Waals surface area contributed by atoms with Crippen LogP contribution in [0.15, 0.2) is 65.2 Å². The first-order valence-electron chi connectivity index (χ1n) is 13.0. The number of benzene rings is 2. The van der Waals surface area contributed by atoms with E-state index in [1.807, 2.05) is 41.3 Å². The average Bonchev–Trinajstić information content (AvgIpc) is 3.49. The van der Waals surface area contributed by atoms with Gasteiger partial charge in [0.15, 0.2) is 0 Å². The van der Waals surface area contributed by atoms with Crippen LogP contribution in [0, 0.1) is 18.3 Å². The van der Waals surface area contributed by atoms with E-state index >= 15 is 0 Å². The summed E-state index contributed by atoms with van der Waals surface area (Å²) < 4.78 is 5.42.